The van der Waals surface area contributed by atoms with Gasteiger partial charge in [0, 0.05) is 5.56 Å². The quantitative estimate of drug-likeness (QED) is 0.518. The lowest BCUT2D eigenvalue weighted by Crippen LogP contribution is -1.98. The summed E-state index contributed by atoms with van der Waals surface area (Å²) >= 11 is 3.38. The third-order valence-corrected chi connectivity index (χ3v) is 5.53. The van der Waals surface area contributed by atoms with E-state index in [1.165, 1.54) is 11.3 Å². The maximum Gasteiger partial charge on any atom is 0.235 e. The first-order chi connectivity index (χ1) is 12.3. The molecule has 0 aliphatic rings. The highest BCUT2D eigenvalue weighted by Gasteiger charge is 2.15. The smallest absolute Gasteiger partial charge is 0.235 e. The Kier molecular flexibility index (Phi) is 6.14. The zero-order chi connectivity index (χ0) is 17.6. The van der Waals surface area contributed by atoms with E-state index < -0.39 is 0 Å². The monoisotopic (exact) mass is 378 g/mol. The van der Waals surface area contributed by atoms with Gasteiger partial charge in [-0.05, 0) is 44.2 Å². The Morgan fingerprint density at radius 2 is 1.88 bits per heavy atom. The van der Waals surface area contributed by atoms with E-state index in [-0.39, 0.29) is 0 Å². The zero-order valence-electron chi connectivity index (χ0n) is 14.7. The third-order valence-electron chi connectivity index (χ3n) is 3.43. The van der Waals surface area contributed by atoms with Gasteiger partial charge in [-0.1, -0.05) is 18.3 Å². The van der Waals surface area contributed by atoms with Crippen LogP contribution in [0.25, 0.3) is 15.5 Å². The van der Waals surface area contributed by atoms with Crippen LogP contribution in [0.5, 0.6) is 11.5 Å². The van der Waals surface area contributed by atoms with Crippen LogP contribution < -0.4 is 9.47 Å². The largest absolute Gasteiger partial charge is 0.490 e. The van der Waals surface area contributed by atoms with Crippen molar-refractivity contribution in [2.24, 2.45) is 0 Å². The Bertz CT molecular complexity index is 831. The van der Waals surface area contributed by atoms with Gasteiger partial charge in [-0.25, -0.2) is 0 Å². The second-order valence-corrected chi connectivity index (χ2v) is 7.36. The average Bonchev–Trinajstić information content (AvgIpc) is 3.19. The summed E-state index contributed by atoms with van der Waals surface area (Å²) in [5.74, 6) is 4.33. The highest BCUT2D eigenvalue weighted by Crippen LogP contribution is 2.34. The molecular formula is C17H22N4O2S2. The lowest BCUT2D eigenvalue weighted by atomic mass is 10.2. The minimum atomic E-state index is 0.591. The van der Waals surface area contributed by atoms with E-state index in [1.54, 1.807) is 0 Å². The van der Waals surface area contributed by atoms with Gasteiger partial charge in [-0.3, -0.25) is 0 Å². The Hall–Kier alpha value is -1.80. The number of hydrogen-bond acceptors (Lipinski definition) is 7. The molecule has 2 aromatic heterocycles. The molecule has 0 amide bonds. The molecule has 2 heterocycles. The molecule has 134 valence electrons. The first-order valence-corrected chi connectivity index (χ1v) is 10.4. The van der Waals surface area contributed by atoms with E-state index in [2.05, 4.69) is 17.1 Å². The molecule has 0 bridgehead atoms. The van der Waals surface area contributed by atoms with Crippen LogP contribution >= 0.6 is 23.1 Å². The van der Waals surface area contributed by atoms with Gasteiger partial charge < -0.3 is 9.47 Å². The van der Waals surface area contributed by atoms with E-state index in [1.807, 2.05) is 48.3 Å². The van der Waals surface area contributed by atoms with Crippen molar-refractivity contribution in [1.82, 2.24) is 19.8 Å². The first-order valence-electron chi connectivity index (χ1n) is 8.45. The topological polar surface area (TPSA) is 61.5 Å². The first kappa shape index (κ1) is 18.0. The Morgan fingerprint density at radius 3 is 2.64 bits per heavy atom. The van der Waals surface area contributed by atoms with Crippen LogP contribution in [0, 0.1) is 0 Å². The molecule has 0 saturated heterocycles. The van der Waals surface area contributed by atoms with Crippen LogP contribution in [0.3, 0.4) is 0 Å². The van der Waals surface area contributed by atoms with Gasteiger partial charge in [-0.15, -0.1) is 10.2 Å². The number of hydrogen-bond donors (Lipinski definition) is 0. The maximum atomic E-state index is 5.71. The van der Waals surface area contributed by atoms with Gasteiger partial charge in [0.05, 0.1) is 19.0 Å². The fraction of sp³-hybridized carbons (Fsp3) is 0.471. The van der Waals surface area contributed by atoms with Crippen molar-refractivity contribution in [3.8, 4) is 22.1 Å². The lowest BCUT2D eigenvalue weighted by molar-refractivity contribution is 0.288. The normalized spacial score (nSPS) is 11.2. The van der Waals surface area contributed by atoms with Gasteiger partial charge in [0.2, 0.25) is 4.96 Å². The summed E-state index contributed by atoms with van der Waals surface area (Å²) in [6.45, 7) is 7.30. The molecule has 0 radical (unpaired) electrons. The molecule has 0 saturated carbocycles. The highest BCUT2D eigenvalue weighted by atomic mass is 32.2. The molecule has 0 aliphatic heterocycles. The van der Waals surface area contributed by atoms with Crippen molar-refractivity contribution in [2.45, 2.75) is 32.9 Å². The summed E-state index contributed by atoms with van der Waals surface area (Å²) in [5.41, 5.74) is 0.995. The number of benzene rings is 1. The minimum Gasteiger partial charge on any atom is -0.490 e. The number of nitrogens with zero attached hydrogens (tertiary/aromatic N) is 4. The fourth-order valence-electron chi connectivity index (χ4n) is 2.36. The Morgan fingerprint density at radius 1 is 1.08 bits per heavy atom. The molecule has 6 nitrogen and oxygen atoms in total. The molecular weight excluding hydrogens is 356 g/mol. The molecule has 8 heteroatoms. The van der Waals surface area contributed by atoms with Crippen LogP contribution in [-0.4, -0.2) is 38.8 Å². The number of fused-ring (bicyclic) bond motifs is 1. The van der Waals surface area contributed by atoms with E-state index in [0.29, 0.717) is 13.2 Å². The van der Waals surface area contributed by atoms with E-state index in [0.717, 1.165) is 50.8 Å². The van der Waals surface area contributed by atoms with Crippen LogP contribution in [-0.2, 0) is 5.75 Å². The molecule has 0 aliphatic carbocycles. The summed E-state index contributed by atoms with van der Waals surface area (Å²) in [7, 11) is 0. The molecule has 0 atom stereocenters. The summed E-state index contributed by atoms with van der Waals surface area (Å²) in [6.07, 6.45) is 1.15. The lowest BCUT2D eigenvalue weighted by Gasteiger charge is -2.11. The van der Waals surface area contributed by atoms with Gasteiger partial charge in [-0.2, -0.15) is 21.4 Å². The fourth-order valence-corrected chi connectivity index (χ4v) is 4.01. The highest BCUT2D eigenvalue weighted by molar-refractivity contribution is 7.98. The average molecular weight is 379 g/mol. The van der Waals surface area contributed by atoms with Crippen molar-refractivity contribution >= 4 is 28.1 Å². The van der Waals surface area contributed by atoms with Crippen LogP contribution in [0.4, 0.5) is 0 Å². The molecule has 1 aromatic carbocycles. The molecule has 0 spiro atoms. The van der Waals surface area contributed by atoms with Crippen LogP contribution in [0.15, 0.2) is 18.2 Å². The number of ether oxygens (including phenoxy) is 2. The minimum absolute atomic E-state index is 0.591. The van der Waals surface area contributed by atoms with Crippen molar-refractivity contribution in [2.75, 3.05) is 19.0 Å². The SMILES string of the molecule is CCCSCc1nnc2sc(-c3ccc(OCC)c(OCC)c3)nn12. The predicted molar refractivity (Wildman–Crippen MR) is 103 cm³/mol. The number of thioether (sulfide) groups is 1. The second-order valence-electron chi connectivity index (χ2n) is 5.30. The van der Waals surface area contributed by atoms with Crippen molar-refractivity contribution < 1.29 is 9.47 Å². The molecule has 3 aromatic rings. The number of aromatic nitrogens is 4. The molecule has 0 N–H and O–H groups in total. The van der Waals surface area contributed by atoms with Crippen LogP contribution in [0.2, 0.25) is 0 Å². The standard InChI is InChI=1S/C17H22N4O2S2/c1-4-9-24-11-15-18-19-17-21(15)20-16(25-17)12-7-8-13(22-5-2)14(10-12)23-6-3/h7-8,10H,4-6,9,11H2,1-3H3. The summed E-state index contributed by atoms with van der Waals surface area (Å²) in [6, 6.07) is 5.92. The third kappa shape index (κ3) is 4.07. The molecule has 0 unspecified atom stereocenters. The maximum absolute atomic E-state index is 5.71. The summed E-state index contributed by atoms with van der Waals surface area (Å²) in [4.78, 5) is 0.814. The molecule has 0 fully saturated rings. The second kappa shape index (κ2) is 8.53. The predicted octanol–water partition coefficient (Wildman–Crippen LogP) is 4.29. The van der Waals surface area contributed by atoms with E-state index >= 15 is 0 Å². The van der Waals surface area contributed by atoms with Gasteiger partial charge in [0.1, 0.15) is 5.01 Å². The molecule has 25 heavy (non-hydrogen) atoms. The van der Waals surface area contributed by atoms with Gasteiger partial charge in [0.25, 0.3) is 0 Å². The Labute approximate surface area is 155 Å². The van der Waals surface area contributed by atoms with Crippen molar-refractivity contribution in [3.05, 3.63) is 24.0 Å². The summed E-state index contributed by atoms with van der Waals surface area (Å²) < 4.78 is 13.2. The summed E-state index contributed by atoms with van der Waals surface area (Å²) in [5, 5.41) is 14.1. The van der Waals surface area contributed by atoms with Crippen LogP contribution in [0.1, 0.15) is 33.0 Å². The van der Waals surface area contributed by atoms with Crippen molar-refractivity contribution in [3.63, 3.8) is 0 Å². The van der Waals surface area contributed by atoms with E-state index in [4.69, 9.17) is 14.6 Å². The number of rotatable bonds is 9. The van der Waals surface area contributed by atoms with Gasteiger partial charge >= 0.3 is 0 Å². The zero-order valence-corrected chi connectivity index (χ0v) is 16.3. The van der Waals surface area contributed by atoms with Gasteiger partial charge in [0.15, 0.2) is 17.3 Å². The van der Waals surface area contributed by atoms with Crippen molar-refractivity contribution in [1.29, 1.82) is 0 Å². The molecule has 3 rings (SSSR count). The van der Waals surface area contributed by atoms with E-state index in [9.17, 15) is 0 Å². The Balaban J connectivity index is 1.89.